The Bertz CT molecular complexity index is 1040. The normalized spacial score (nSPS) is 21.5. The van der Waals surface area contributed by atoms with Crippen molar-refractivity contribution in [2.45, 2.75) is 39.0 Å². The number of carboxylic acid groups (broad SMARTS) is 2. The second-order valence-electron chi connectivity index (χ2n) is 8.80. The smallest absolute Gasteiger partial charge is 0.308 e. The minimum atomic E-state index is -1.47. The number of carbonyl (C=O) groups is 4. The maximum Gasteiger partial charge on any atom is 0.308 e. The lowest BCUT2D eigenvalue weighted by molar-refractivity contribution is -0.179. The molecule has 2 aromatic rings. The number of aliphatic carboxylic acids is 2. The third-order valence-electron chi connectivity index (χ3n) is 6.82. The van der Waals surface area contributed by atoms with Gasteiger partial charge in [0.2, 0.25) is 11.8 Å². The Labute approximate surface area is 198 Å². The SMILES string of the molecule is CCC(CC)c1ccc(Cc2ccc(NC(=O)C3C(C(=O)O)C(C(N)=O)C3C(=O)O)cc2)cc1. The summed E-state index contributed by atoms with van der Waals surface area (Å²) in [7, 11) is 0. The van der Waals surface area contributed by atoms with Gasteiger partial charge in [-0.3, -0.25) is 19.2 Å². The fourth-order valence-corrected chi connectivity index (χ4v) is 4.88. The van der Waals surface area contributed by atoms with E-state index in [1.54, 1.807) is 12.1 Å². The zero-order valence-electron chi connectivity index (χ0n) is 19.2. The molecule has 0 aliphatic heterocycles. The first-order chi connectivity index (χ1) is 16.2. The van der Waals surface area contributed by atoms with Gasteiger partial charge in [0.05, 0.1) is 23.7 Å². The van der Waals surface area contributed by atoms with Crippen LogP contribution in [0.2, 0.25) is 0 Å². The average Bonchev–Trinajstić information content (AvgIpc) is 2.75. The van der Waals surface area contributed by atoms with Gasteiger partial charge in [0.25, 0.3) is 0 Å². The van der Waals surface area contributed by atoms with E-state index in [0.29, 0.717) is 18.0 Å². The van der Waals surface area contributed by atoms with E-state index in [-0.39, 0.29) is 0 Å². The van der Waals surface area contributed by atoms with E-state index in [9.17, 15) is 29.4 Å². The molecule has 0 spiro atoms. The van der Waals surface area contributed by atoms with Gasteiger partial charge in [-0.25, -0.2) is 0 Å². The molecule has 0 bridgehead atoms. The molecule has 0 saturated heterocycles. The fourth-order valence-electron chi connectivity index (χ4n) is 4.88. The van der Waals surface area contributed by atoms with Crippen molar-refractivity contribution in [3.8, 4) is 0 Å². The summed E-state index contributed by atoms with van der Waals surface area (Å²) in [4.78, 5) is 47.4. The molecule has 0 radical (unpaired) electrons. The molecule has 2 atom stereocenters. The Morgan fingerprint density at radius 3 is 1.68 bits per heavy atom. The van der Waals surface area contributed by atoms with E-state index < -0.39 is 47.4 Å². The number of nitrogens with one attached hydrogen (secondary N) is 1. The largest absolute Gasteiger partial charge is 0.481 e. The van der Waals surface area contributed by atoms with Crippen LogP contribution < -0.4 is 11.1 Å². The van der Waals surface area contributed by atoms with Crippen LogP contribution in [0, 0.1) is 23.7 Å². The molecule has 180 valence electrons. The Hall–Kier alpha value is -3.68. The monoisotopic (exact) mass is 466 g/mol. The number of carbonyl (C=O) groups excluding carboxylic acids is 2. The second kappa shape index (κ2) is 10.5. The molecule has 34 heavy (non-hydrogen) atoms. The van der Waals surface area contributed by atoms with E-state index in [1.165, 1.54) is 5.56 Å². The second-order valence-corrected chi connectivity index (χ2v) is 8.80. The third kappa shape index (κ3) is 5.11. The summed E-state index contributed by atoms with van der Waals surface area (Å²) in [6.45, 7) is 4.38. The van der Waals surface area contributed by atoms with Crippen molar-refractivity contribution in [1.82, 2.24) is 0 Å². The number of benzene rings is 2. The zero-order chi connectivity index (χ0) is 25.0. The van der Waals surface area contributed by atoms with E-state index in [1.807, 2.05) is 12.1 Å². The minimum absolute atomic E-state index is 0.411. The van der Waals surface area contributed by atoms with Crippen LogP contribution in [0.25, 0.3) is 0 Å². The average molecular weight is 467 g/mol. The van der Waals surface area contributed by atoms with Gasteiger partial charge < -0.3 is 21.3 Å². The summed E-state index contributed by atoms with van der Waals surface area (Å²) < 4.78 is 0. The molecule has 8 heteroatoms. The Morgan fingerprint density at radius 2 is 1.26 bits per heavy atom. The Balaban J connectivity index is 1.67. The van der Waals surface area contributed by atoms with E-state index in [4.69, 9.17) is 5.73 Å². The lowest BCUT2D eigenvalue weighted by atomic mass is 9.55. The summed E-state index contributed by atoms with van der Waals surface area (Å²) in [6.07, 6.45) is 2.92. The standard InChI is InChI=1S/C26H30N2O6/c1-3-16(4-2)17-9-5-14(6-10-17)13-15-7-11-18(12-8-15)28-24(30)20-21(25(31)32)19(23(27)29)22(20)26(33)34/h5-12,16,19-22H,3-4,13H2,1-2H3,(H2,27,29)(H,28,30)(H,31,32)(H,33,34). The van der Waals surface area contributed by atoms with Crippen molar-refractivity contribution >= 4 is 29.4 Å². The molecule has 5 N–H and O–H groups in total. The maximum atomic E-state index is 12.7. The first-order valence-corrected chi connectivity index (χ1v) is 11.4. The van der Waals surface area contributed by atoms with Gasteiger partial charge in [-0.15, -0.1) is 0 Å². The van der Waals surface area contributed by atoms with E-state index in [2.05, 4.69) is 43.4 Å². The molecule has 0 heterocycles. The van der Waals surface area contributed by atoms with Gasteiger partial charge in [-0.1, -0.05) is 50.2 Å². The molecule has 2 aromatic carbocycles. The lowest BCUT2D eigenvalue weighted by Crippen LogP contribution is -2.62. The van der Waals surface area contributed by atoms with Crippen LogP contribution in [0.1, 0.15) is 49.3 Å². The van der Waals surface area contributed by atoms with Gasteiger partial charge in [-0.05, 0) is 54.0 Å². The summed E-state index contributed by atoms with van der Waals surface area (Å²) in [5, 5.41) is 21.4. The van der Waals surface area contributed by atoms with E-state index >= 15 is 0 Å². The number of rotatable bonds is 10. The number of nitrogens with two attached hydrogens (primary N) is 1. The molecule has 1 aliphatic rings. The predicted octanol–water partition coefficient (Wildman–Crippen LogP) is 3.25. The highest BCUT2D eigenvalue weighted by atomic mass is 16.4. The number of hydrogen-bond donors (Lipinski definition) is 4. The highest BCUT2D eigenvalue weighted by molar-refractivity contribution is 6.03. The first-order valence-electron chi connectivity index (χ1n) is 11.4. The Kier molecular flexibility index (Phi) is 7.71. The van der Waals surface area contributed by atoms with Crippen LogP contribution in [0.3, 0.4) is 0 Å². The van der Waals surface area contributed by atoms with Crippen molar-refractivity contribution < 1.29 is 29.4 Å². The first kappa shape index (κ1) is 25.0. The van der Waals surface area contributed by atoms with Gasteiger partial charge >= 0.3 is 11.9 Å². The number of amides is 2. The zero-order valence-corrected chi connectivity index (χ0v) is 19.2. The molecular weight excluding hydrogens is 436 g/mol. The van der Waals surface area contributed by atoms with Crippen LogP contribution in [0.4, 0.5) is 5.69 Å². The number of carboxylic acids is 2. The Morgan fingerprint density at radius 1 is 0.794 bits per heavy atom. The molecule has 2 amide bonds. The van der Waals surface area contributed by atoms with Gasteiger partial charge in [0.1, 0.15) is 0 Å². The summed E-state index contributed by atoms with van der Waals surface area (Å²) in [5.74, 6) is -9.85. The van der Waals surface area contributed by atoms with Crippen LogP contribution in [0.5, 0.6) is 0 Å². The van der Waals surface area contributed by atoms with E-state index in [0.717, 1.165) is 24.0 Å². The number of hydrogen-bond acceptors (Lipinski definition) is 4. The topological polar surface area (TPSA) is 147 Å². The van der Waals surface area contributed by atoms with Gasteiger partial charge in [0, 0.05) is 5.69 Å². The summed E-state index contributed by atoms with van der Waals surface area (Å²) in [5.41, 5.74) is 9.12. The predicted molar refractivity (Wildman–Crippen MR) is 126 cm³/mol. The van der Waals surface area contributed by atoms with Crippen molar-refractivity contribution in [3.63, 3.8) is 0 Å². The lowest BCUT2D eigenvalue weighted by Gasteiger charge is -2.44. The summed E-state index contributed by atoms with van der Waals surface area (Å²) in [6, 6.07) is 15.6. The highest BCUT2D eigenvalue weighted by Crippen LogP contribution is 2.47. The molecule has 1 fully saturated rings. The number of anilines is 1. The molecule has 0 aromatic heterocycles. The minimum Gasteiger partial charge on any atom is -0.481 e. The quantitative estimate of drug-likeness (QED) is 0.423. The molecule has 1 saturated carbocycles. The van der Waals surface area contributed by atoms with Crippen LogP contribution >= 0.6 is 0 Å². The molecule has 3 rings (SSSR count). The van der Waals surface area contributed by atoms with Gasteiger partial charge in [0.15, 0.2) is 0 Å². The molecule has 1 aliphatic carbocycles. The number of primary amides is 1. The summed E-state index contributed by atoms with van der Waals surface area (Å²) >= 11 is 0. The van der Waals surface area contributed by atoms with Crippen molar-refractivity contribution in [2.75, 3.05) is 5.32 Å². The van der Waals surface area contributed by atoms with Crippen molar-refractivity contribution in [2.24, 2.45) is 29.4 Å². The van der Waals surface area contributed by atoms with Crippen LogP contribution in [-0.2, 0) is 25.6 Å². The van der Waals surface area contributed by atoms with Crippen molar-refractivity contribution in [3.05, 3.63) is 65.2 Å². The fraction of sp³-hybridized carbons (Fsp3) is 0.385. The molecular formula is C26H30N2O6. The molecule has 8 nitrogen and oxygen atoms in total. The third-order valence-corrected chi connectivity index (χ3v) is 6.82. The maximum absolute atomic E-state index is 12.7. The highest BCUT2D eigenvalue weighted by Gasteiger charge is 2.63. The van der Waals surface area contributed by atoms with Crippen LogP contribution in [-0.4, -0.2) is 34.0 Å². The van der Waals surface area contributed by atoms with Crippen molar-refractivity contribution in [1.29, 1.82) is 0 Å². The van der Waals surface area contributed by atoms with Crippen LogP contribution in [0.15, 0.2) is 48.5 Å². The molecule has 2 unspecified atom stereocenters. The van der Waals surface area contributed by atoms with Gasteiger partial charge in [-0.2, -0.15) is 0 Å².